The highest BCUT2D eigenvalue weighted by Gasteiger charge is 2.04. The molecule has 0 bridgehead atoms. The molecule has 5 heteroatoms. The molecule has 2 aromatic carbocycles. The van der Waals surface area contributed by atoms with Gasteiger partial charge in [-0.3, -0.25) is 0 Å². The number of oxime groups is 1. The normalized spacial score (nSPS) is 10.8. The molecule has 0 saturated carbocycles. The zero-order valence-corrected chi connectivity index (χ0v) is 9.18. The smallest absolute Gasteiger partial charge is 0.162 e. The Morgan fingerprint density at radius 2 is 1.61 bits per heavy atom. The molecule has 0 radical (unpaired) electrons. The summed E-state index contributed by atoms with van der Waals surface area (Å²) in [6, 6.07) is 9.87. The highest BCUT2D eigenvalue weighted by molar-refractivity contribution is 5.79. The maximum absolute atomic E-state index is 12.9. The molecule has 92 valence electrons. The van der Waals surface area contributed by atoms with Gasteiger partial charge < -0.3 is 9.94 Å². The highest BCUT2D eigenvalue weighted by atomic mass is 19.2. The molecule has 0 fully saturated rings. The quantitative estimate of drug-likeness (QED) is 0.513. The average Bonchev–Trinajstić information content (AvgIpc) is 2.37. The van der Waals surface area contributed by atoms with Gasteiger partial charge in [0.15, 0.2) is 11.6 Å². The van der Waals surface area contributed by atoms with Crippen molar-refractivity contribution in [1.29, 1.82) is 0 Å². The second kappa shape index (κ2) is 5.27. The van der Waals surface area contributed by atoms with E-state index in [1.165, 1.54) is 12.3 Å². The molecule has 1 N–H and O–H groups in total. The van der Waals surface area contributed by atoms with Crippen LogP contribution in [0.5, 0.6) is 11.5 Å². The SMILES string of the molecule is ON=Cc1ccc(Oc2ccc(F)c(F)c2)cc1. The van der Waals surface area contributed by atoms with E-state index in [1.54, 1.807) is 24.3 Å². The lowest BCUT2D eigenvalue weighted by molar-refractivity contribution is 0.322. The summed E-state index contributed by atoms with van der Waals surface area (Å²) in [5.41, 5.74) is 0.690. The summed E-state index contributed by atoms with van der Waals surface area (Å²) in [6.45, 7) is 0. The van der Waals surface area contributed by atoms with Crippen molar-refractivity contribution in [3.63, 3.8) is 0 Å². The lowest BCUT2D eigenvalue weighted by atomic mass is 10.2. The average molecular weight is 249 g/mol. The fraction of sp³-hybridized carbons (Fsp3) is 0. The number of hydrogen-bond acceptors (Lipinski definition) is 3. The maximum atomic E-state index is 12.9. The van der Waals surface area contributed by atoms with E-state index in [0.717, 1.165) is 12.1 Å². The van der Waals surface area contributed by atoms with Crippen molar-refractivity contribution in [2.24, 2.45) is 5.16 Å². The van der Waals surface area contributed by atoms with Gasteiger partial charge in [0, 0.05) is 6.07 Å². The highest BCUT2D eigenvalue weighted by Crippen LogP contribution is 2.23. The Hall–Kier alpha value is -2.43. The minimum Gasteiger partial charge on any atom is -0.457 e. The Morgan fingerprint density at radius 3 is 2.22 bits per heavy atom. The molecule has 0 heterocycles. The lowest BCUT2D eigenvalue weighted by Crippen LogP contribution is -1.88. The standard InChI is InChI=1S/C13H9F2NO2/c14-12-6-5-11(7-13(12)15)18-10-3-1-9(2-4-10)8-16-17/h1-8,17H. The van der Waals surface area contributed by atoms with Crippen molar-refractivity contribution in [2.45, 2.75) is 0 Å². The molecule has 2 rings (SSSR count). The van der Waals surface area contributed by atoms with Crippen molar-refractivity contribution in [1.82, 2.24) is 0 Å². The lowest BCUT2D eigenvalue weighted by Gasteiger charge is -2.06. The van der Waals surface area contributed by atoms with Crippen LogP contribution >= 0.6 is 0 Å². The summed E-state index contributed by atoms with van der Waals surface area (Å²) >= 11 is 0. The van der Waals surface area contributed by atoms with Crippen LogP contribution in [0.2, 0.25) is 0 Å². The third kappa shape index (κ3) is 2.82. The van der Waals surface area contributed by atoms with Crippen LogP contribution < -0.4 is 4.74 Å². The van der Waals surface area contributed by atoms with Gasteiger partial charge in [-0.2, -0.15) is 0 Å². The van der Waals surface area contributed by atoms with E-state index < -0.39 is 11.6 Å². The molecule has 0 aliphatic carbocycles. The molecular formula is C13H9F2NO2. The number of nitrogens with zero attached hydrogens (tertiary/aromatic N) is 1. The van der Waals surface area contributed by atoms with Crippen LogP contribution in [0, 0.1) is 11.6 Å². The summed E-state index contributed by atoms with van der Waals surface area (Å²) in [5.74, 6) is -1.21. The minimum absolute atomic E-state index is 0.206. The van der Waals surface area contributed by atoms with Gasteiger partial charge in [-0.05, 0) is 42.0 Å². The molecule has 0 amide bonds. The third-order valence-electron chi connectivity index (χ3n) is 2.21. The van der Waals surface area contributed by atoms with Crippen LogP contribution in [0.3, 0.4) is 0 Å². The molecule has 0 aliphatic heterocycles. The minimum atomic E-state index is -0.962. The van der Waals surface area contributed by atoms with Crippen molar-refractivity contribution >= 4 is 6.21 Å². The first-order valence-corrected chi connectivity index (χ1v) is 5.09. The van der Waals surface area contributed by atoms with E-state index in [9.17, 15) is 8.78 Å². The predicted molar refractivity (Wildman–Crippen MR) is 62.3 cm³/mol. The molecule has 0 atom stereocenters. The Bertz CT molecular complexity index is 568. The van der Waals surface area contributed by atoms with Crippen LogP contribution in [0.1, 0.15) is 5.56 Å². The first kappa shape index (κ1) is 12.0. The van der Waals surface area contributed by atoms with Crippen molar-refractivity contribution < 1.29 is 18.7 Å². The zero-order valence-electron chi connectivity index (χ0n) is 9.18. The van der Waals surface area contributed by atoms with E-state index in [-0.39, 0.29) is 5.75 Å². The van der Waals surface area contributed by atoms with Gasteiger partial charge in [0.05, 0.1) is 6.21 Å². The summed E-state index contributed by atoms with van der Waals surface area (Å²) < 4.78 is 31.0. The summed E-state index contributed by atoms with van der Waals surface area (Å²) in [5, 5.41) is 11.2. The number of rotatable bonds is 3. The molecule has 3 nitrogen and oxygen atoms in total. The number of hydrogen-bond donors (Lipinski definition) is 1. The number of benzene rings is 2. The van der Waals surface area contributed by atoms with Crippen LogP contribution in [0.15, 0.2) is 47.6 Å². The van der Waals surface area contributed by atoms with Crippen molar-refractivity contribution in [2.75, 3.05) is 0 Å². The van der Waals surface area contributed by atoms with Gasteiger partial charge in [-0.1, -0.05) is 5.16 Å². The van der Waals surface area contributed by atoms with Gasteiger partial charge >= 0.3 is 0 Å². The topological polar surface area (TPSA) is 41.8 Å². The fourth-order valence-electron chi connectivity index (χ4n) is 1.37. The van der Waals surface area contributed by atoms with E-state index in [4.69, 9.17) is 9.94 Å². The second-order valence-corrected chi connectivity index (χ2v) is 3.49. The molecule has 2 aromatic rings. The number of halogens is 2. The van der Waals surface area contributed by atoms with Gasteiger partial charge in [0.1, 0.15) is 11.5 Å². The van der Waals surface area contributed by atoms with Crippen LogP contribution in [-0.2, 0) is 0 Å². The van der Waals surface area contributed by atoms with Crippen LogP contribution in [0.4, 0.5) is 8.78 Å². The van der Waals surface area contributed by atoms with Gasteiger partial charge in [-0.15, -0.1) is 0 Å². The fourth-order valence-corrected chi connectivity index (χ4v) is 1.37. The Morgan fingerprint density at radius 1 is 0.944 bits per heavy atom. The zero-order chi connectivity index (χ0) is 13.0. The van der Waals surface area contributed by atoms with E-state index in [2.05, 4.69) is 5.16 Å². The van der Waals surface area contributed by atoms with E-state index in [0.29, 0.717) is 11.3 Å². The first-order valence-electron chi connectivity index (χ1n) is 5.09. The van der Waals surface area contributed by atoms with Crippen LogP contribution in [0.25, 0.3) is 0 Å². The largest absolute Gasteiger partial charge is 0.457 e. The molecule has 18 heavy (non-hydrogen) atoms. The molecule has 0 spiro atoms. The van der Waals surface area contributed by atoms with Gasteiger partial charge in [-0.25, -0.2) is 8.78 Å². The maximum Gasteiger partial charge on any atom is 0.162 e. The molecule has 0 aromatic heterocycles. The summed E-state index contributed by atoms with van der Waals surface area (Å²) in [6.07, 6.45) is 1.27. The van der Waals surface area contributed by atoms with Crippen LogP contribution in [-0.4, -0.2) is 11.4 Å². The predicted octanol–water partition coefficient (Wildman–Crippen LogP) is 3.57. The summed E-state index contributed by atoms with van der Waals surface area (Å²) in [7, 11) is 0. The third-order valence-corrected chi connectivity index (χ3v) is 2.21. The Labute approximate surface area is 102 Å². The molecule has 0 saturated heterocycles. The van der Waals surface area contributed by atoms with Gasteiger partial charge in [0.25, 0.3) is 0 Å². The number of ether oxygens (including phenoxy) is 1. The van der Waals surface area contributed by atoms with Crippen molar-refractivity contribution in [3.05, 3.63) is 59.7 Å². The second-order valence-electron chi connectivity index (χ2n) is 3.49. The molecular weight excluding hydrogens is 240 g/mol. The Kier molecular flexibility index (Phi) is 3.52. The first-order chi connectivity index (χ1) is 8.69. The van der Waals surface area contributed by atoms with Gasteiger partial charge in [0.2, 0.25) is 0 Å². The summed E-state index contributed by atoms with van der Waals surface area (Å²) in [4.78, 5) is 0. The van der Waals surface area contributed by atoms with E-state index >= 15 is 0 Å². The molecule has 0 unspecified atom stereocenters. The van der Waals surface area contributed by atoms with Crippen molar-refractivity contribution in [3.8, 4) is 11.5 Å². The Balaban J connectivity index is 2.15. The van der Waals surface area contributed by atoms with E-state index in [1.807, 2.05) is 0 Å². The molecule has 0 aliphatic rings. The monoisotopic (exact) mass is 249 g/mol.